The molecule has 0 aliphatic carbocycles. The zero-order valence-corrected chi connectivity index (χ0v) is 19.4. The number of carbonyl (C=O) groups is 1. The van der Waals surface area contributed by atoms with Crippen LogP contribution in [-0.4, -0.2) is 53.3 Å². The normalized spacial score (nSPS) is 13.8. The second-order valence-corrected chi connectivity index (χ2v) is 8.41. The molecular weight excluding hydrogens is 428 g/mol. The maximum Gasteiger partial charge on any atom is 0.307 e. The fourth-order valence-corrected chi connectivity index (χ4v) is 4.17. The third-order valence-corrected chi connectivity index (χ3v) is 5.85. The van der Waals surface area contributed by atoms with E-state index in [-0.39, 0.29) is 23.9 Å². The van der Waals surface area contributed by atoms with Crippen LogP contribution in [0.25, 0.3) is 0 Å². The highest BCUT2D eigenvalue weighted by Crippen LogP contribution is 2.34. The molecule has 1 aliphatic heterocycles. The van der Waals surface area contributed by atoms with Gasteiger partial charge in [0.2, 0.25) is 0 Å². The molecule has 32 heavy (non-hydrogen) atoms. The summed E-state index contributed by atoms with van der Waals surface area (Å²) in [6, 6.07) is 8.34. The molecule has 9 nitrogen and oxygen atoms in total. The van der Waals surface area contributed by atoms with Crippen molar-refractivity contribution in [2.24, 2.45) is 5.18 Å². The molecule has 0 radical (unpaired) electrons. The topological polar surface area (TPSA) is 114 Å². The molecule has 0 unspecified atom stereocenters. The van der Waals surface area contributed by atoms with Gasteiger partial charge in [0.25, 0.3) is 0 Å². The smallest absolute Gasteiger partial charge is 0.307 e. The summed E-state index contributed by atoms with van der Waals surface area (Å²) < 4.78 is 5.08. The lowest BCUT2D eigenvalue weighted by atomic mass is 10.1. The van der Waals surface area contributed by atoms with Gasteiger partial charge in [-0.25, -0.2) is 9.97 Å². The quantitative estimate of drug-likeness (QED) is 0.233. The number of nitrogen functional groups attached to an aromatic ring is 1. The zero-order valence-electron chi connectivity index (χ0n) is 18.6. The van der Waals surface area contributed by atoms with E-state index in [1.54, 1.807) is 6.92 Å². The third-order valence-electron chi connectivity index (χ3n) is 5.31. The number of thioether (sulfide) groups is 1. The Bertz CT molecular complexity index is 936. The Hall–Kier alpha value is -2.72. The van der Waals surface area contributed by atoms with Gasteiger partial charge in [-0.2, -0.15) is 0 Å². The Kier molecular flexibility index (Phi) is 8.81. The number of likely N-dealkylation sites (tertiary alicyclic amines) is 1. The summed E-state index contributed by atoms with van der Waals surface area (Å²) in [4.78, 5) is 36.5. The SMILES string of the molecule is CCOC(=O)CCN(Cc1cccc(CN2CCCC2)c1)c1nc(SC)nc(N)c1N=O. The van der Waals surface area contributed by atoms with Gasteiger partial charge in [-0.05, 0) is 55.4 Å². The number of nitroso groups, excluding NO2 is 1. The van der Waals surface area contributed by atoms with E-state index in [0.717, 1.165) is 25.2 Å². The number of hydrogen-bond acceptors (Lipinski definition) is 10. The van der Waals surface area contributed by atoms with Crippen LogP contribution in [0.4, 0.5) is 17.3 Å². The Balaban J connectivity index is 1.87. The number of esters is 1. The first kappa shape index (κ1) is 23.9. The Labute approximate surface area is 192 Å². The molecule has 0 spiro atoms. The summed E-state index contributed by atoms with van der Waals surface area (Å²) in [6.07, 6.45) is 4.47. The van der Waals surface area contributed by atoms with Gasteiger partial charge >= 0.3 is 5.97 Å². The number of hydrogen-bond donors (Lipinski definition) is 1. The molecule has 2 heterocycles. The second-order valence-electron chi connectivity index (χ2n) is 7.64. The monoisotopic (exact) mass is 458 g/mol. The first-order valence-electron chi connectivity index (χ1n) is 10.8. The Morgan fingerprint density at radius 3 is 2.72 bits per heavy atom. The summed E-state index contributed by atoms with van der Waals surface area (Å²) in [5.41, 5.74) is 8.24. The molecule has 2 aromatic rings. The fourth-order valence-electron chi connectivity index (χ4n) is 3.80. The highest BCUT2D eigenvalue weighted by atomic mass is 32.2. The van der Waals surface area contributed by atoms with Crippen LogP contribution in [0.2, 0.25) is 0 Å². The first-order valence-corrected chi connectivity index (χ1v) is 12.0. The molecule has 1 aliphatic rings. The maximum absolute atomic E-state index is 12.0. The lowest BCUT2D eigenvalue weighted by Crippen LogP contribution is -2.28. The van der Waals surface area contributed by atoms with Crippen molar-refractivity contribution in [1.29, 1.82) is 0 Å². The summed E-state index contributed by atoms with van der Waals surface area (Å²) in [5, 5.41) is 3.52. The third kappa shape index (κ3) is 6.39. The van der Waals surface area contributed by atoms with Gasteiger partial charge in [0.05, 0.1) is 13.0 Å². The Morgan fingerprint density at radius 1 is 1.28 bits per heavy atom. The van der Waals surface area contributed by atoms with E-state index < -0.39 is 0 Å². The molecular formula is C22H30N6O3S. The lowest BCUT2D eigenvalue weighted by Gasteiger charge is -2.25. The van der Waals surface area contributed by atoms with Gasteiger partial charge in [-0.3, -0.25) is 9.69 Å². The van der Waals surface area contributed by atoms with Crippen LogP contribution in [-0.2, 0) is 22.6 Å². The summed E-state index contributed by atoms with van der Waals surface area (Å²) >= 11 is 1.32. The molecule has 0 bridgehead atoms. The predicted octanol–water partition coefficient (Wildman–Crippen LogP) is 3.73. The van der Waals surface area contributed by atoms with E-state index in [1.807, 2.05) is 23.3 Å². The number of nitrogens with zero attached hydrogens (tertiary/aromatic N) is 5. The molecule has 0 atom stereocenters. The number of ether oxygens (including phenoxy) is 1. The van der Waals surface area contributed by atoms with Gasteiger partial charge in [-0.1, -0.05) is 36.0 Å². The van der Waals surface area contributed by atoms with E-state index in [0.29, 0.717) is 30.7 Å². The van der Waals surface area contributed by atoms with Crippen molar-refractivity contribution < 1.29 is 9.53 Å². The molecule has 0 saturated carbocycles. The maximum atomic E-state index is 12.0. The predicted molar refractivity (Wildman–Crippen MR) is 127 cm³/mol. The minimum atomic E-state index is -0.312. The molecule has 1 saturated heterocycles. The van der Waals surface area contributed by atoms with E-state index >= 15 is 0 Å². The molecule has 2 N–H and O–H groups in total. The lowest BCUT2D eigenvalue weighted by molar-refractivity contribution is -0.142. The number of aromatic nitrogens is 2. The van der Waals surface area contributed by atoms with Gasteiger partial charge in [-0.15, -0.1) is 4.91 Å². The van der Waals surface area contributed by atoms with Crippen molar-refractivity contribution in [3.05, 3.63) is 40.3 Å². The molecule has 10 heteroatoms. The average Bonchev–Trinajstić information content (AvgIpc) is 3.29. The number of anilines is 2. The minimum absolute atomic E-state index is 0.0140. The van der Waals surface area contributed by atoms with Gasteiger partial charge in [0.15, 0.2) is 22.5 Å². The number of carbonyl (C=O) groups excluding carboxylic acids is 1. The van der Waals surface area contributed by atoms with Gasteiger partial charge in [0.1, 0.15) is 0 Å². The van der Waals surface area contributed by atoms with E-state index in [4.69, 9.17) is 10.5 Å². The van der Waals surface area contributed by atoms with Crippen LogP contribution < -0.4 is 10.6 Å². The fraction of sp³-hybridized carbons (Fsp3) is 0.500. The van der Waals surface area contributed by atoms with Crippen molar-refractivity contribution in [3.8, 4) is 0 Å². The minimum Gasteiger partial charge on any atom is -0.466 e. The van der Waals surface area contributed by atoms with E-state index in [1.165, 1.54) is 30.2 Å². The highest BCUT2D eigenvalue weighted by molar-refractivity contribution is 7.98. The van der Waals surface area contributed by atoms with Crippen LogP contribution in [0.1, 0.15) is 37.3 Å². The first-order chi connectivity index (χ1) is 15.5. The van der Waals surface area contributed by atoms with E-state index in [9.17, 15) is 9.70 Å². The highest BCUT2D eigenvalue weighted by Gasteiger charge is 2.21. The summed E-state index contributed by atoms with van der Waals surface area (Å²) in [7, 11) is 0. The second kappa shape index (κ2) is 11.8. The number of benzene rings is 1. The van der Waals surface area contributed by atoms with Crippen molar-refractivity contribution in [3.63, 3.8) is 0 Å². The van der Waals surface area contributed by atoms with Gasteiger partial charge < -0.3 is 15.4 Å². The standard InChI is InChI=1S/C22H30N6O3S/c1-3-31-18(29)9-12-28(21-19(26-30)20(23)24-22(25-21)32-2)15-17-8-6-7-16(13-17)14-27-10-4-5-11-27/h6-8,13H,3-5,9-12,14-15H2,1-2H3,(H2,23,24,25). The molecule has 1 aromatic heterocycles. The van der Waals surface area contributed by atoms with Gasteiger partial charge in [0, 0.05) is 19.6 Å². The molecule has 172 valence electrons. The van der Waals surface area contributed by atoms with Crippen LogP contribution in [0.5, 0.6) is 0 Å². The summed E-state index contributed by atoms with van der Waals surface area (Å²) in [5.74, 6) is 0.0392. The average molecular weight is 459 g/mol. The van der Waals surface area contributed by atoms with Crippen molar-refractivity contribution >= 4 is 35.1 Å². The molecule has 0 amide bonds. The van der Waals surface area contributed by atoms with E-state index in [2.05, 4.69) is 32.2 Å². The molecule has 1 fully saturated rings. The van der Waals surface area contributed by atoms with Crippen molar-refractivity contribution in [2.75, 3.05) is 43.1 Å². The van der Waals surface area contributed by atoms with Crippen molar-refractivity contribution in [2.45, 2.75) is 44.4 Å². The number of rotatable bonds is 11. The number of nitrogens with two attached hydrogens (primary N) is 1. The van der Waals surface area contributed by atoms with Crippen LogP contribution in [0.3, 0.4) is 0 Å². The molecule has 3 rings (SSSR count). The van der Waals surface area contributed by atoms with Crippen LogP contribution in [0, 0.1) is 4.91 Å². The Morgan fingerprint density at radius 2 is 2.03 bits per heavy atom. The summed E-state index contributed by atoms with van der Waals surface area (Å²) in [6.45, 7) is 6.00. The zero-order chi connectivity index (χ0) is 22.9. The molecule has 1 aromatic carbocycles. The largest absolute Gasteiger partial charge is 0.466 e. The van der Waals surface area contributed by atoms with Crippen LogP contribution in [0.15, 0.2) is 34.6 Å². The van der Waals surface area contributed by atoms with Crippen molar-refractivity contribution in [1.82, 2.24) is 14.9 Å². The van der Waals surface area contributed by atoms with Crippen LogP contribution >= 0.6 is 11.8 Å².